The van der Waals surface area contributed by atoms with Gasteiger partial charge in [-0.05, 0) is 25.7 Å². The van der Waals surface area contributed by atoms with Crippen LogP contribution in [0.25, 0.3) is 0 Å². The normalized spacial score (nSPS) is 22.6. The number of hydrogen-bond acceptors (Lipinski definition) is 3. The van der Waals surface area contributed by atoms with E-state index < -0.39 is 5.60 Å². The average Bonchev–Trinajstić information content (AvgIpc) is 2.02. The van der Waals surface area contributed by atoms with E-state index in [-0.39, 0.29) is 11.9 Å². The lowest BCUT2D eigenvalue weighted by Crippen LogP contribution is -2.48. The van der Waals surface area contributed by atoms with Crippen LogP contribution < -0.4 is 0 Å². The molecule has 1 atom stereocenters. The first kappa shape index (κ1) is 9.52. The Bertz CT molecular complexity index is 173. The van der Waals surface area contributed by atoms with Crippen molar-refractivity contribution >= 4 is 5.97 Å². The average molecular weight is 172 g/mol. The summed E-state index contributed by atoms with van der Waals surface area (Å²) in [5.74, 6) is -0.601. The van der Waals surface area contributed by atoms with Crippen molar-refractivity contribution in [1.82, 2.24) is 0 Å². The van der Waals surface area contributed by atoms with Crippen LogP contribution in [0.1, 0.15) is 32.6 Å². The van der Waals surface area contributed by atoms with Crippen molar-refractivity contribution in [1.29, 1.82) is 0 Å². The zero-order valence-electron chi connectivity index (χ0n) is 7.67. The summed E-state index contributed by atoms with van der Waals surface area (Å²) < 4.78 is 4.63. The van der Waals surface area contributed by atoms with E-state index in [1.807, 2.05) is 6.92 Å². The molecular formula is C9H16O3. The summed E-state index contributed by atoms with van der Waals surface area (Å²) in [6, 6.07) is 0. The van der Waals surface area contributed by atoms with Gasteiger partial charge >= 0.3 is 5.97 Å². The molecule has 1 N–H and O–H groups in total. The van der Waals surface area contributed by atoms with Crippen LogP contribution in [0.2, 0.25) is 0 Å². The van der Waals surface area contributed by atoms with Crippen molar-refractivity contribution in [2.45, 2.75) is 38.2 Å². The van der Waals surface area contributed by atoms with E-state index in [4.69, 9.17) is 0 Å². The maximum atomic E-state index is 11.2. The summed E-state index contributed by atoms with van der Waals surface area (Å²) >= 11 is 0. The highest BCUT2D eigenvalue weighted by Gasteiger charge is 2.45. The summed E-state index contributed by atoms with van der Waals surface area (Å²) in [5.41, 5.74) is -0.762. The van der Waals surface area contributed by atoms with E-state index in [1.165, 1.54) is 7.11 Å². The molecule has 1 fully saturated rings. The number of carbonyl (C=O) groups excluding carboxylic acids is 1. The van der Waals surface area contributed by atoms with Crippen molar-refractivity contribution in [3.8, 4) is 0 Å². The Labute approximate surface area is 72.7 Å². The van der Waals surface area contributed by atoms with Gasteiger partial charge < -0.3 is 9.84 Å². The van der Waals surface area contributed by atoms with Crippen LogP contribution in [0.4, 0.5) is 0 Å². The van der Waals surface area contributed by atoms with Gasteiger partial charge in [0.2, 0.25) is 0 Å². The van der Waals surface area contributed by atoms with Crippen LogP contribution in [0, 0.1) is 5.92 Å². The van der Waals surface area contributed by atoms with Crippen LogP contribution in [-0.4, -0.2) is 23.8 Å². The molecular weight excluding hydrogens is 156 g/mol. The Morgan fingerprint density at radius 2 is 2.25 bits per heavy atom. The molecule has 1 unspecified atom stereocenters. The molecule has 0 radical (unpaired) electrons. The topological polar surface area (TPSA) is 46.5 Å². The van der Waals surface area contributed by atoms with Gasteiger partial charge in [0, 0.05) is 0 Å². The number of aliphatic hydroxyl groups is 1. The van der Waals surface area contributed by atoms with Gasteiger partial charge in [-0.15, -0.1) is 0 Å². The molecule has 1 aliphatic rings. The molecule has 3 heteroatoms. The molecule has 0 aromatic heterocycles. The molecule has 0 amide bonds. The fraction of sp³-hybridized carbons (Fsp3) is 0.889. The maximum absolute atomic E-state index is 11.2. The second-order valence-electron chi connectivity index (χ2n) is 3.44. The molecule has 1 aliphatic carbocycles. The predicted molar refractivity (Wildman–Crippen MR) is 44.6 cm³/mol. The van der Waals surface area contributed by atoms with Gasteiger partial charge in [0.15, 0.2) is 0 Å². The standard InChI is InChI=1S/C9H16O3/c1-3-7(8(10)12-2)9(11)5-4-6-9/h7,11H,3-6H2,1-2H3. The van der Waals surface area contributed by atoms with Gasteiger partial charge in [-0.3, -0.25) is 4.79 Å². The Kier molecular flexibility index (Phi) is 2.73. The number of rotatable bonds is 3. The number of methoxy groups -OCH3 is 1. The molecule has 0 aliphatic heterocycles. The summed E-state index contributed by atoms with van der Waals surface area (Å²) in [6.07, 6.45) is 3.15. The maximum Gasteiger partial charge on any atom is 0.311 e. The Morgan fingerprint density at radius 1 is 1.67 bits per heavy atom. The molecule has 1 rings (SSSR count). The van der Waals surface area contributed by atoms with Crippen LogP contribution in [0.15, 0.2) is 0 Å². The fourth-order valence-corrected chi connectivity index (χ4v) is 1.80. The fourth-order valence-electron chi connectivity index (χ4n) is 1.80. The molecule has 0 saturated heterocycles. The second-order valence-corrected chi connectivity index (χ2v) is 3.44. The first-order valence-corrected chi connectivity index (χ1v) is 4.44. The monoisotopic (exact) mass is 172 g/mol. The van der Waals surface area contributed by atoms with Crippen LogP contribution in [0.3, 0.4) is 0 Å². The second kappa shape index (κ2) is 3.44. The van der Waals surface area contributed by atoms with E-state index >= 15 is 0 Å². The van der Waals surface area contributed by atoms with Crippen molar-refractivity contribution in [2.75, 3.05) is 7.11 Å². The van der Waals surface area contributed by atoms with Gasteiger partial charge in [0.25, 0.3) is 0 Å². The molecule has 0 aromatic carbocycles. The van der Waals surface area contributed by atoms with Crippen molar-refractivity contribution in [3.05, 3.63) is 0 Å². The lowest BCUT2D eigenvalue weighted by molar-refractivity contribution is -0.163. The van der Waals surface area contributed by atoms with Crippen molar-refractivity contribution in [2.24, 2.45) is 5.92 Å². The minimum atomic E-state index is -0.762. The van der Waals surface area contributed by atoms with E-state index in [9.17, 15) is 9.90 Å². The molecule has 12 heavy (non-hydrogen) atoms. The Balaban J connectivity index is 2.60. The lowest BCUT2D eigenvalue weighted by atomic mass is 9.70. The van der Waals surface area contributed by atoms with E-state index in [0.717, 1.165) is 19.3 Å². The molecule has 0 heterocycles. The van der Waals surface area contributed by atoms with Gasteiger partial charge in [-0.25, -0.2) is 0 Å². The zero-order chi connectivity index (χ0) is 9.19. The third-order valence-electron chi connectivity index (χ3n) is 2.76. The van der Waals surface area contributed by atoms with E-state index in [0.29, 0.717) is 6.42 Å². The summed E-state index contributed by atoms with van der Waals surface area (Å²) in [5, 5.41) is 9.87. The first-order chi connectivity index (χ1) is 5.64. The van der Waals surface area contributed by atoms with Gasteiger partial charge in [-0.1, -0.05) is 6.92 Å². The summed E-state index contributed by atoms with van der Waals surface area (Å²) in [6.45, 7) is 1.90. The van der Waals surface area contributed by atoms with E-state index in [2.05, 4.69) is 4.74 Å². The minimum absolute atomic E-state index is 0.278. The SMILES string of the molecule is CCC(C(=O)OC)C1(O)CCC1. The predicted octanol–water partition coefficient (Wildman–Crippen LogP) is 1.10. The lowest BCUT2D eigenvalue weighted by Gasteiger charge is -2.41. The quantitative estimate of drug-likeness (QED) is 0.648. The molecule has 0 aromatic rings. The molecule has 1 saturated carbocycles. The summed E-state index contributed by atoms with van der Waals surface area (Å²) in [7, 11) is 1.37. The highest BCUT2D eigenvalue weighted by Crippen LogP contribution is 2.40. The third kappa shape index (κ3) is 1.46. The molecule has 0 bridgehead atoms. The van der Waals surface area contributed by atoms with E-state index in [1.54, 1.807) is 0 Å². The van der Waals surface area contributed by atoms with Crippen molar-refractivity contribution in [3.63, 3.8) is 0 Å². The third-order valence-corrected chi connectivity index (χ3v) is 2.76. The Hall–Kier alpha value is -0.570. The minimum Gasteiger partial charge on any atom is -0.469 e. The van der Waals surface area contributed by atoms with Gasteiger partial charge in [-0.2, -0.15) is 0 Å². The molecule has 0 spiro atoms. The van der Waals surface area contributed by atoms with Crippen molar-refractivity contribution < 1.29 is 14.6 Å². The molecule has 3 nitrogen and oxygen atoms in total. The van der Waals surface area contributed by atoms with Gasteiger partial charge in [0.05, 0.1) is 18.6 Å². The van der Waals surface area contributed by atoms with Crippen LogP contribution in [-0.2, 0) is 9.53 Å². The van der Waals surface area contributed by atoms with Crippen LogP contribution >= 0.6 is 0 Å². The van der Waals surface area contributed by atoms with Crippen LogP contribution in [0.5, 0.6) is 0 Å². The highest BCUT2D eigenvalue weighted by atomic mass is 16.5. The zero-order valence-corrected chi connectivity index (χ0v) is 7.67. The number of carbonyl (C=O) groups is 1. The Morgan fingerprint density at radius 3 is 2.50 bits per heavy atom. The first-order valence-electron chi connectivity index (χ1n) is 4.44. The number of hydrogen-bond donors (Lipinski definition) is 1. The molecule has 70 valence electrons. The summed E-state index contributed by atoms with van der Waals surface area (Å²) in [4.78, 5) is 11.2. The van der Waals surface area contributed by atoms with Gasteiger partial charge in [0.1, 0.15) is 0 Å². The number of esters is 1. The highest BCUT2D eigenvalue weighted by molar-refractivity contribution is 5.73. The largest absolute Gasteiger partial charge is 0.469 e. The smallest absolute Gasteiger partial charge is 0.311 e. The number of ether oxygens (including phenoxy) is 1.